The minimum absolute atomic E-state index is 0.793. The van der Waals surface area contributed by atoms with Gasteiger partial charge in [0.15, 0.2) is 0 Å². The Balaban J connectivity index is 2.43. The second-order valence-electron chi connectivity index (χ2n) is 3.52. The monoisotopic (exact) mass is 157 g/mol. The van der Waals surface area contributed by atoms with Crippen molar-refractivity contribution in [3.8, 4) is 0 Å². The first-order chi connectivity index (χ1) is 4.73. The SMILES string of the molecule is CCN(CC)[Si]1(C)CCC1. The average molecular weight is 157 g/mol. The Morgan fingerprint density at radius 3 is 1.80 bits per heavy atom. The van der Waals surface area contributed by atoms with Gasteiger partial charge < -0.3 is 4.57 Å². The summed E-state index contributed by atoms with van der Waals surface area (Å²) in [5, 5.41) is 0. The van der Waals surface area contributed by atoms with E-state index in [0.717, 1.165) is 0 Å². The quantitative estimate of drug-likeness (QED) is 0.568. The number of hydrogen-bond acceptors (Lipinski definition) is 1. The molecule has 0 aromatic carbocycles. The summed E-state index contributed by atoms with van der Waals surface area (Å²) in [6, 6.07) is 3.10. The van der Waals surface area contributed by atoms with Gasteiger partial charge >= 0.3 is 0 Å². The molecule has 0 saturated carbocycles. The molecule has 1 heterocycles. The van der Waals surface area contributed by atoms with Gasteiger partial charge in [0.05, 0.1) is 0 Å². The predicted octanol–water partition coefficient (Wildman–Crippen LogP) is 2.31. The maximum atomic E-state index is 2.72. The molecule has 0 aromatic heterocycles. The van der Waals surface area contributed by atoms with E-state index in [1.54, 1.807) is 12.1 Å². The summed E-state index contributed by atoms with van der Waals surface area (Å²) < 4.78 is 2.72. The molecule has 2 heteroatoms. The van der Waals surface area contributed by atoms with Gasteiger partial charge in [-0.1, -0.05) is 26.8 Å². The molecule has 1 nitrogen and oxygen atoms in total. The molecule has 10 heavy (non-hydrogen) atoms. The molecule has 1 rings (SSSR count). The van der Waals surface area contributed by atoms with Crippen LogP contribution in [0.1, 0.15) is 20.3 Å². The molecule has 0 radical (unpaired) electrons. The van der Waals surface area contributed by atoms with Crippen molar-refractivity contribution >= 4 is 8.24 Å². The maximum Gasteiger partial charge on any atom is 0.125 e. The van der Waals surface area contributed by atoms with Crippen molar-refractivity contribution < 1.29 is 0 Å². The number of nitrogens with zero attached hydrogens (tertiary/aromatic N) is 1. The fourth-order valence-corrected chi connectivity index (χ4v) is 5.53. The first-order valence-electron chi connectivity index (χ1n) is 4.48. The van der Waals surface area contributed by atoms with Gasteiger partial charge in [0.2, 0.25) is 0 Å². The van der Waals surface area contributed by atoms with Crippen molar-refractivity contribution in [3.63, 3.8) is 0 Å². The van der Waals surface area contributed by atoms with E-state index in [2.05, 4.69) is 25.0 Å². The van der Waals surface area contributed by atoms with Gasteiger partial charge in [-0.15, -0.1) is 0 Å². The highest BCUT2D eigenvalue weighted by molar-refractivity contribution is 6.78. The molecule has 0 spiro atoms. The van der Waals surface area contributed by atoms with Gasteiger partial charge in [0.1, 0.15) is 8.24 Å². The summed E-state index contributed by atoms with van der Waals surface area (Å²) in [5.74, 6) is 0. The lowest BCUT2D eigenvalue weighted by molar-refractivity contribution is 0.443. The van der Waals surface area contributed by atoms with Gasteiger partial charge in [0.25, 0.3) is 0 Å². The Hall–Kier alpha value is 0.177. The van der Waals surface area contributed by atoms with Gasteiger partial charge in [-0.05, 0) is 25.2 Å². The lowest BCUT2D eigenvalue weighted by Crippen LogP contribution is -2.55. The highest BCUT2D eigenvalue weighted by Crippen LogP contribution is 2.34. The van der Waals surface area contributed by atoms with E-state index < -0.39 is 8.24 Å². The Bertz CT molecular complexity index is 106. The zero-order valence-corrected chi connectivity index (χ0v) is 8.48. The van der Waals surface area contributed by atoms with Crippen LogP contribution in [0.5, 0.6) is 0 Å². The Morgan fingerprint density at radius 1 is 1.20 bits per heavy atom. The smallest absolute Gasteiger partial charge is 0.125 e. The van der Waals surface area contributed by atoms with Gasteiger partial charge in [-0.3, -0.25) is 0 Å². The standard InChI is InChI=1S/C8H19NSi/c1-4-9(5-2)10(3)7-6-8-10/h4-8H2,1-3H3. The van der Waals surface area contributed by atoms with E-state index in [1.165, 1.54) is 19.5 Å². The van der Waals surface area contributed by atoms with E-state index in [9.17, 15) is 0 Å². The second-order valence-corrected chi connectivity index (χ2v) is 8.15. The van der Waals surface area contributed by atoms with Crippen LogP contribution in [0.15, 0.2) is 0 Å². The molecule has 1 aliphatic rings. The summed E-state index contributed by atoms with van der Waals surface area (Å²) >= 11 is 0. The summed E-state index contributed by atoms with van der Waals surface area (Å²) in [6.07, 6.45) is 1.50. The van der Waals surface area contributed by atoms with Crippen molar-refractivity contribution in [2.24, 2.45) is 0 Å². The molecule has 1 fully saturated rings. The van der Waals surface area contributed by atoms with Crippen molar-refractivity contribution in [2.75, 3.05) is 13.1 Å². The van der Waals surface area contributed by atoms with E-state index >= 15 is 0 Å². The minimum atomic E-state index is -0.793. The van der Waals surface area contributed by atoms with Crippen LogP contribution in [0, 0.1) is 0 Å². The summed E-state index contributed by atoms with van der Waals surface area (Å²) in [4.78, 5) is 0. The van der Waals surface area contributed by atoms with Gasteiger partial charge in [-0.2, -0.15) is 0 Å². The normalized spacial score (nSPS) is 22.8. The molecule has 0 bridgehead atoms. The lowest BCUT2D eigenvalue weighted by atomic mass is 10.5. The third kappa shape index (κ3) is 1.27. The fourth-order valence-electron chi connectivity index (χ4n) is 1.99. The van der Waals surface area contributed by atoms with Crippen molar-refractivity contribution in [3.05, 3.63) is 0 Å². The molecule has 0 unspecified atom stereocenters. The molecule has 0 atom stereocenters. The summed E-state index contributed by atoms with van der Waals surface area (Å²) in [5.41, 5.74) is 0. The van der Waals surface area contributed by atoms with Crippen LogP contribution >= 0.6 is 0 Å². The molecule has 0 aromatic rings. The van der Waals surface area contributed by atoms with Crippen LogP contribution in [-0.4, -0.2) is 25.9 Å². The Morgan fingerprint density at radius 2 is 1.70 bits per heavy atom. The van der Waals surface area contributed by atoms with Crippen LogP contribution in [-0.2, 0) is 0 Å². The van der Waals surface area contributed by atoms with Crippen LogP contribution < -0.4 is 0 Å². The molecular weight excluding hydrogens is 138 g/mol. The first-order valence-corrected chi connectivity index (χ1v) is 7.34. The second kappa shape index (κ2) is 3.05. The zero-order valence-electron chi connectivity index (χ0n) is 7.48. The van der Waals surface area contributed by atoms with Crippen molar-refractivity contribution in [1.29, 1.82) is 0 Å². The third-order valence-electron chi connectivity index (χ3n) is 2.96. The van der Waals surface area contributed by atoms with E-state index in [4.69, 9.17) is 0 Å². The Kier molecular flexibility index (Phi) is 2.53. The highest BCUT2D eigenvalue weighted by Gasteiger charge is 2.38. The molecule has 1 saturated heterocycles. The number of hydrogen-bond donors (Lipinski definition) is 0. The number of rotatable bonds is 3. The van der Waals surface area contributed by atoms with Crippen molar-refractivity contribution in [1.82, 2.24) is 4.57 Å². The minimum Gasteiger partial charge on any atom is -0.324 e. The maximum absolute atomic E-state index is 2.72. The summed E-state index contributed by atoms with van der Waals surface area (Å²) in [6.45, 7) is 9.67. The van der Waals surface area contributed by atoms with Crippen LogP contribution in [0.25, 0.3) is 0 Å². The van der Waals surface area contributed by atoms with E-state index in [0.29, 0.717) is 0 Å². The predicted molar refractivity (Wildman–Crippen MR) is 48.8 cm³/mol. The topological polar surface area (TPSA) is 3.24 Å². The lowest BCUT2D eigenvalue weighted by Gasteiger charge is -2.45. The zero-order chi connectivity index (χ0) is 7.61. The van der Waals surface area contributed by atoms with Gasteiger partial charge in [0, 0.05) is 0 Å². The van der Waals surface area contributed by atoms with Crippen LogP contribution in [0.4, 0.5) is 0 Å². The Labute approximate surface area is 65.5 Å². The average Bonchev–Trinajstić information content (AvgIpc) is 1.87. The highest BCUT2D eigenvalue weighted by atomic mass is 28.3. The molecule has 0 aliphatic carbocycles. The summed E-state index contributed by atoms with van der Waals surface area (Å²) in [7, 11) is -0.793. The molecular formula is C8H19NSi. The molecule has 1 aliphatic heterocycles. The molecule has 60 valence electrons. The molecule has 0 amide bonds. The largest absolute Gasteiger partial charge is 0.324 e. The van der Waals surface area contributed by atoms with Crippen LogP contribution in [0.3, 0.4) is 0 Å². The molecule has 0 N–H and O–H groups in total. The van der Waals surface area contributed by atoms with E-state index in [-0.39, 0.29) is 0 Å². The van der Waals surface area contributed by atoms with Gasteiger partial charge in [-0.25, -0.2) is 0 Å². The third-order valence-corrected chi connectivity index (χ3v) is 7.98. The first kappa shape index (κ1) is 8.28. The van der Waals surface area contributed by atoms with Crippen molar-refractivity contribution in [2.45, 2.75) is 38.9 Å². The van der Waals surface area contributed by atoms with Crippen LogP contribution in [0.2, 0.25) is 18.6 Å². The van der Waals surface area contributed by atoms with E-state index in [1.807, 2.05) is 0 Å². The fraction of sp³-hybridized carbons (Fsp3) is 1.00.